The predicted octanol–water partition coefficient (Wildman–Crippen LogP) is -0.329. The number of carbonyl (C=O) groups is 1. The number of hydrogen-bond acceptors (Lipinski definition) is 3. The molecule has 2 nitrogen and oxygen atoms in total. The molecule has 0 aromatic heterocycles. The average Bonchev–Trinajstić information content (AvgIpc) is 2.18. The SMILES string of the molecule is O=C([O-])C(S)=Cc1c(Cl)ccc(Cl)c1Cl.[Na+]. The molecule has 0 heterocycles. The van der Waals surface area contributed by atoms with Crippen molar-refractivity contribution in [1.29, 1.82) is 0 Å². The Bertz CT molecular complexity index is 449. The van der Waals surface area contributed by atoms with Gasteiger partial charge in [-0.1, -0.05) is 34.8 Å². The van der Waals surface area contributed by atoms with Crippen molar-refractivity contribution >= 4 is 59.5 Å². The molecule has 0 radical (unpaired) electrons. The molecule has 0 aliphatic rings. The molecule has 0 bridgehead atoms. The monoisotopic (exact) mass is 304 g/mol. The van der Waals surface area contributed by atoms with Gasteiger partial charge in [0.25, 0.3) is 0 Å². The van der Waals surface area contributed by atoms with Crippen molar-refractivity contribution in [2.24, 2.45) is 0 Å². The maximum atomic E-state index is 10.4. The Morgan fingerprint density at radius 1 is 1.25 bits per heavy atom. The molecule has 1 aromatic carbocycles. The molecule has 0 saturated carbocycles. The van der Waals surface area contributed by atoms with E-state index < -0.39 is 5.97 Å². The van der Waals surface area contributed by atoms with Crippen LogP contribution in [0.25, 0.3) is 6.08 Å². The Kier molecular flexibility index (Phi) is 7.46. The van der Waals surface area contributed by atoms with E-state index in [1.54, 1.807) is 0 Å². The van der Waals surface area contributed by atoms with Gasteiger partial charge in [0.1, 0.15) is 0 Å². The van der Waals surface area contributed by atoms with Crippen LogP contribution in [0.2, 0.25) is 15.1 Å². The number of hydrogen-bond donors (Lipinski definition) is 1. The first-order valence-electron chi connectivity index (χ1n) is 3.69. The molecular weight excluding hydrogens is 302 g/mol. The number of aliphatic carboxylic acids is 1. The maximum absolute atomic E-state index is 10.4. The van der Waals surface area contributed by atoms with Gasteiger partial charge in [0.15, 0.2) is 0 Å². The smallest absolute Gasteiger partial charge is 0.544 e. The van der Waals surface area contributed by atoms with Crippen LogP contribution in [0, 0.1) is 0 Å². The van der Waals surface area contributed by atoms with Crippen LogP contribution >= 0.6 is 47.4 Å². The number of rotatable bonds is 2. The third-order valence-electron chi connectivity index (χ3n) is 1.57. The summed E-state index contributed by atoms with van der Waals surface area (Å²) in [7, 11) is 0. The fraction of sp³-hybridized carbons (Fsp3) is 0. The summed E-state index contributed by atoms with van der Waals surface area (Å²) in [5.74, 6) is -1.41. The number of carboxylic acid groups (broad SMARTS) is 1. The van der Waals surface area contributed by atoms with Gasteiger partial charge in [0.2, 0.25) is 0 Å². The molecular formula is C9H4Cl3NaO2S. The summed E-state index contributed by atoms with van der Waals surface area (Å²) in [5, 5.41) is 11.2. The minimum Gasteiger partial charge on any atom is -0.544 e. The number of halogens is 3. The normalized spacial score (nSPS) is 10.9. The minimum atomic E-state index is -1.41. The molecule has 0 amide bonds. The Morgan fingerprint density at radius 2 is 1.75 bits per heavy atom. The van der Waals surface area contributed by atoms with Crippen molar-refractivity contribution in [2.75, 3.05) is 0 Å². The number of benzene rings is 1. The molecule has 0 fully saturated rings. The van der Waals surface area contributed by atoms with Gasteiger partial charge in [-0.3, -0.25) is 0 Å². The molecule has 1 rings (SSSR count). The third-order valence-corrected chi connectivity index (χ3v) is 3.03. The Morgan fingerprint density at radius 3 is 2.25 bits per heavy atom. The maximum Gasteiger partial charge on any atom is 1.00 e. The van der Waals surface area contributed by atoms with Gasteiger partial charge in [0, 0.05) is 15.5 Å². The average molecular weight is 306 g/mol. The van der Waals surface area contributed by atoms with Crippen molar-refractivity contribution < 1.29 is 39.5 Å². The van der Waals surface area contributed by atoms with Crippen molar-refractivity contribution in [3.63, 3.8) is 0 Å². The number of thiol groups is 1. The molecule has 0 unspecified atom stereocenters. The van der Waals surface area contributed by atoms with Crippen LogP contribution in [0.5, 0.6) is 0 Å². The Labute approximate surface area is 135 Å². The van der Waals surface area contributed by atoms with E-state index in [1.807, 2.05) is 0 Å². The Balaban J connectivity index is 0.00000225. The molecule has 7 heteroatoms. The van der Waals surface area contributed by atoms with Crippen LogP contribution in [-0.2, 0) is 4.79 Å². The first-order valence-corrected chi connectivity index (χ1v) is 5.27. The van der Waals surface area contributed by atoms with Gasteiger partial charge >= 0.3 is 29.6 Å². The molecule has 0 aliphatic heterocycles. The van der Waals surface area contributed by atoms with E-state index in [4.69, 9.17) is 34.8 Å². The van der Waals surface area contributed by atoms with Gasteiger partial charge in [-0.25, -0.2) is 0 Å². The number of carboxylic acids is 1. The predicted molar refractivity (Wildman–Crippen MR) is 63.4 cm³/mol. The van der Waals surface area contributed by atoms with Gasteiger partial charge in [-0.2, -0.15) is 0 Å². The van der Waals surface area contributed by atoms with E-state index in [2.05, 4.69) is 12.6 Å². The largest absolute Gasteiger partial charge is 1.00 e. The fourth-order valence-corrected chi connectivity index (χ4v) is 1.64. The summed E-state index contributed by atoms with van der Waals surface area (Å²) in [5.41, 5.74) is 0.306. The second-order valence-corrected chi connectivity index (χ2v) is 4.25. The van der Waals surface area contributed by atoms with E-state index in [9.17, 15) is 9.90 Å². The minimum absolute atomic E-state index is 0. The second kappa shape index (κ2) is 7.17. The fourth-order valence-electron chi connectivity index (χ4n) is 0.871. The Hall–Kier alpha value is 0.650. The van der Waals surface area contributed by atoms with Crippen LogP contribution in [-0.4, -0.2) is 5.97 Å². The van der Waals surface area contributed by atoms with Crippen molar-refractivity contribution in [3.8, 4) is 0 Å². The number of carbonyl (C=O) groups excluding carboxylic acids is 1. The van der Waals surface area contributed by atoms with Crippen LogP contribution in [0.3, 0.4) is 0 Å². The van der Waals surface area contributed by atoms with Crippen molar-refractivity contribution in [3.05, 3.63) is 37.7 Å². The van der Waals surface area contributed by atoms with Gasteiger partial charge in [-0.05, 0) is 18.2 Å². The molecule has 0 saturated heterocycles. The quantitative estimate of drug-likeness (QED) is 0.352. The van der Waals surface area contributed by atoms with Crippen molar-refractivity contribution in [1.82, 2.24) is 0 Å². The van der Waals surface area contributed by atoms with Gasteiger partial charge < -0.3 is 9.90 Å². The van der Waals surface area contributed by atoms with Crippen LogP contribution in [0.1, 0.15) is 5.56 Å². The molecule has 0 N–H and O–H groups in total. The molecule has 1 aromatic rings. The molecule has 0 spiro atoms. The zero-order valence-corrected chi connectivity index (χ0v) is 13.3. The standard InChI is InChI=1S/C9H5Cl3O2S.Na/c10-5-1-2-6(11)8(12)4(5)3-7(15)9(13)14;/h1-3,15H,(H,13,14);/q;+1/p-1. The van der Waals surface area contributed by atoms with E-state index in [-0.39, 0.29) is 49.5 Å². The van der Waals surface area contributed by atoms with E-state index in [0.29, 0.717) is 5.56 Å². The molecule has 0 aliphatic carbocycles. The van der Waals surface area contributed by atoms with E-state index in [1.165, 1.54) is 18.2 Å². The first-order chi connectivity index (χ1) is 6.93. The van der Waals surface area contributed by atoms with Gasteiger partial charge in [-0.15, -0.1) is 12.6 Å². The van der Waals surface area contributed by atoms with Gasteiger partial charge in [0.05, 0.1) is 16.0 Å². The van der Waals surface area contributed by atoms with E-state index in [0.717, 1.165) is 0 Å². The van der Waals surface area contributed by atoms with E-state index >= 15 is 0 Å². The van der Waals surface area contributed by atoms with Crippen LogP contribution < -0.4 is 34.7 Å². The van der Waals surface area contributed by atoms with Crippen LogP contribution in [0.4, 0.5) is 0 Å². The first kappa shape index (κ1) is 16.6. The summed E-state index contributed by atoms with van der Waals surface area (Å²) in [6.07, 6.45) is 1.19. The topological polar surface area (TPSA) is 40.1 Å². The summed E-state index contributed by atoms with van der Waals surface area (Å²) in [6, 6.07) is 3.03. The van der Waals surface area contributed by atoms with Crippen LogP contribution in [0.15, 0.2) is 17.0 Å². The summed E-state index contributed by atoms with van der Waals surface area (Å²) >= 11 is 21.1. The zero-order valence-electron chi connectivity index (χ0n) is 8.13. The summed E-state index contributed by atoms with van der Waals surface area (Å²) in [4.78, 5) is 10.2. The summed E-state index contributed by atoms with van der Waals surface area (Å²) in [6.45, 7) is 0. The summed E-state index contributed by atoms with van der Waals surface area (Å²) < 4.78 is 0. The molecule has 16 heavy (non-hydrogen) atoms. The van der Waals surface area contributed by atoms with Crippen molar-refractivity contribution in [2.45, 2.75) is 0 Å². The third kappa shape index (κ3) is 4.15. The molecule has 0 atom stereocenters. The zero-order chi connectivity index (χ0) is 11.6. The second-order valence-electron chi connectivity index (χ2n) is 2.57. The molecule has 80 valence electrons.